The lowest BCUT2D eigenvalue weighted by Gasteiger charge is -2.10. The Hall–Kier alpha value is -1.24. The van der Waals surface area contributed by atoms with Crippen molar-refractivity contribution in [1.82, 2.24) is 0 Å². The molecule has 0 atom stereocenters. The molecule has 0 bridgehead atoms. The van der Waals surface area contributed by atoms with Crippen molar-refractivity contribution in [2.75, 3.05) is 10.5 Å². The minimum atomic E-state index is -3.68. The van der Waals surface area contributed by atoms with E-state index in [4.69, 9.17) is 17.3 Å². The number of nitrogens with two attached hydrogens (primary N) is 1. The SMILES string of the molecule is Nc1ccc(NS(=O)(=O)c2cccc(Br)c2)c(Cl)c1. The number of benzene rings is 2. The standard InChI is InChI=1S/C12H10BrClN2O2S/c13-8-2-1-3-10(6-8)19(17,18)16-12-5-4-9(15)7-11(12)14/h1-7,16H,15H2. The fourth-order valence-corrected chi connectivity index (χ4v) is 3.42. The normalized spacial score (nSPS) is 11.3. The van der Waals surface area contributed by atoms with Crippen LogP contribution >= 0.6 is 27.5 Å². The summed E-state index contributed by atoms with van der Waals surface area (Å²) in [6, 6.07) is 11.0. The van der Waals surface area contributed by atoms with E-state index in [0.717, 1.165) is 0 Å². The number of anilines is 2. The molecular formula is C12H10BrClN2O2S. The van der Waals surface area contributed by atoms with E-state index in [9.17, 15) is 8.42 Å². The highest BCUT2D eigenvalue weighted by Crippen LogP contribution is 2.27. The third-order valence-corrected chi connectivity index (χ3v) is 4.51. The summed E-state index contributed by atoms with van der Waals surface area (Å²) < 4.78 is 27.4. The Bertz CT molecular complexity index is 719. The van der Waals surface area contributed by atoms with Gasteiger partial charge in [0.25, 0.3) is 10.0 Å². The largest absolute Gasteiger partial charge is 0.399 e. The predicted molar refractivity (Wildman–Crippen MR) is 80.8 cm³/mol. The summed E-state index contributed by atoms with van der Waals surface area (Å²) in [4.78, 5) is 0.148. The molecule has 2 rings (SSSR count). The Morgan fingerprint density at radius 2 is 1.89 bits per heavy atom. The highest BCUT2D eigenvalue weighted by molar-refractivity contribution is 9.10. The number of nitrogen functional groups attached to an aromatic ring is 1. The molecule has 4 nitrogen and oxygen atoms in total. The van der Waals surface area contributed by atoms with Gasteiger partial charge in [-0.05, 0) is 36.4 Å². The van der Waals surface area contributed by atoms with Crippen molar-refractivity contribution in [2.45, 2.75) is 4.90 Å². The second-order valence-electron chi connectivity index (χ2n) is 3.80. The Balaban J connectivity index is 2.36. The molecule has 0 saturated carbocycles. The molecule has 19 heavy (non-hydrogen) atoms. The van der Waals surface area contributed by atoms with Crippen molar-refractivity contribution in [3.8, 4) is 0 Å². The highest BCUT2D eigenvalue weighted by Gasteiger charge is 2.15. The molecule has 0 aliphatic heterocycles. The molecule has 0 heterocycles. The van der Waals surface area contributed by atoms with E-state index in [-0.39, 0.29) is 15.6 Å². The third kappa shape index (κ3) is 3.40. The van der Waals surface area contributed by atoms with Gasteiger partial charge in [0.15, 0.2) is 0 Å². The third-order valence-electron chi connectivity index (χ3n) is 2.34. The maximum Gasteiger partial charge on any atom is 0.261 e. The van der Waals surface area contributed by atoms with Crippen LogP contribution in [-0.2, 0) is 10.0 Å². The number of nitrogens with one attached hydrogen (secondary N) is 1. The first-order valence-corrected chi connectivity index (χ1v) is 7.87. The van der Waals surface area contributed by atoms with Gasteiger partial charge in [0.2, 0.25) is 0 Å². The zero-order chi connectivity index (χ0) is 14.0. The molecule has 0 amide bonds. The molecule has 0 aliphatic carbocycles. The molecule has 0 radical (unpaired) electrons. The van der Waals surface area contributed by atoms with Gasteiger partial charge >= 0.3 is 0 Å². The van der Waals surface area contributed by atoms with Crippen molar-refractivity contribution in [1.29, 1.82) is 0 Å². The molecule has 0 fully saturated rings. The summed E-state index contributed by atoms with van der Waals surface area (Å²) in [6.07, 6.45) is 0. The smallest absolute Gasteiger partial charge is 0.261 e. The van der Waals surface area contributed by atoms with Gasteiger partial charge in [-0.1, -0.05) is 33.6 Å². The molecule has 7 heteroatoms. The quantitative estimate of drug-likeness (QED) is 0.822. The first kappa shape index (κ1) is 14.2. The number of hydrogen-bond acceptors (Lipinski definition) is 3. The summed E-state index contributed by atoms with van der Waals surface area (Å²) in [7, 11) is -3.68. The minimum Gasteiger partial charge on any atom is -0.399 e. The van der Waals surface area contributed by atoms with Gasteiger partial charge < -0.3 is 5.73 Å². The van der Waals surface area contributed by atoms with E-state index >= 15 is 0 Å². The molecular weight excluding hydrogens is 352 g/mol. The van der Waals surface area contributed by atoms with Gasteiger partial charge in [-0.15, -0.1) is 0 Å². The Morgan fingerprint density at radius 1 is 1.16 bits per heavy atom. The van der Waals surface area contributed by atoms with Crippen molar-refractivity contribution < 1.29 is 8.42 Å². The van der Waals surface area contributed by atoms with Crippen LogP contribution < -0.4 is 10.5 Å². The van der Waals surface area contributed by atoms with Crippen LogP contribution in [0, 0.1) is 0 Å². The summed E-state index contributed by atoms with van der Waals surface area (Å²) in [5.41, 5.74) is 6.31. The maximum absolute atomic E-state index is 12.2. The van der Waals surface area contributed by atoms with Crippen LogP contribution in [0.5, 0.6) is 0 Å². The second kappa shape index (κ2) is 5.40. The number of halogens is 2. The van der Waals surface area contributed by atoms with E-state index in [1.807, 2.05) is 0 Å². The van der Waals surface area contributed by atoms with E-state index < -0.39 is 10.0 Å². The molecule has 0 saturated heterocycles. The van der Waals surface area contributed by atoms with Crippen LogP contribution in [0.4, 0.5) is 11.4 Å². The van der Waals surface area contributed by atoms with Gasteiger partial charge in [0.05, 0.1) is 15.6 Å². The lowest BCUT2D eigenvalue weighted by molar-refractivity contribution is 0.601. The van der Waals surface area contributed by atoms with Gasteiger partial charge in [-0.2, -0.15) is 0 Å². The monoisotopic (exact) mass is 360 g/mol. The first-order chi connectivity index (χ1) is 8.88. The summed E-state index contributed by atoms with van der Waals surface area (Å²) in [6.45, 7) is 0. The molecule has 3 N–H and O–H groups in total. The average Bonchev–Trinajstić information content (AvgIpc) is 2.33. The second-order valence-corrected chi connectivity index (χ2v) is 6.81. The van der Waals surface area contributed by atoms with Crippen LogP contribution in [0.3, 0.4) is 0 Å². The summed E-state index contributed by atoms with van der Waals surface area (Å²) >= 11 is 9.17. The lowest BCUT2D eigenvalue weighted by Crippen LogP contribution is -2.13. The molecule has 0 aliphatic rings. The van der Waals surface area contributed by atoms with Gasteiger partial charge in [-0.25, -0.2) is 8.42 Å². The summed E-state index contributed by atoms with van der Waals surface area (Å²) in [5.74, 6) is 0. The van der Waals surface area contributed by atoms with Crippen molar-refractivity contribution >= 4 is 48.9 Å². The number of rotatable bonds is 3. The van der Waals surface area contributed by atoms with Crippen LogP contribution in [0.2, 0.25) is 5.02 Å². The van der Waals surface area contributed by atoms with Crippen molar-refractivity contribution in [2.24, 2.45) is 0 Å². The number of sulfonamides is 1. The van der Waals surface area contributed by atoms with E-state index in [2.05, 4.69) is 20.7 Å². The zero-order valence-corrected chi connectivity index (χ0v) is 12.8. The molecule has 0 aromatic heterocycles. The minimum absolute atomic E-state index is 0.148. The van der Waals surface area contributed by atoms with Crippen molar-refractivity contribution in [3.05, 3.63) is 52.0 Å². The Labute approximate surface area is 124 Å². The average molecular weight is 362 g/mol. The number of hydrogen-bond donors (Lipinski definition) is 2. The topological polar surface area (TPSA) is 72.2 Å². The van der Waals surface area contributed by atoms with E-state index in [0.29, 0.717) is 10.2 Å². The van der Waals surface area contributed by atoms with Crippen molar-refractivity contribution in [3.63, 3.8) is 0 Å². The summed E-state index contributed by atoms with van der Waals surface area (Å²) in [5, 5.41) is 0.249. The lowest BCUT2D eigenvalue weighted by atomic mass is 10.3. The van der Waals surface area contributed by atoms with Crippen LogP contribution in [0.15, 0.2) is 51.8 Å². The molecule has 2 aromatic carbocycles. The first-order valence-electron chi connectivity index (χ1n) is 5.22. The van der Waals surface area contributed by atoms with E-state index in [1.165, 1.54) is 24.3 Å². The predicted octanol–water partition coefficient (Wildman–Crippen LogP) is 3.49. The molecule has 2 aromatic rings. The molecule has 0 spiro atoms. The molecule has 100 valence electrons. The van der Waals surface area contributed by atoms with Crippen LogP contribution in [0.25, 0.3) is 0 Å². The van der Waals surface area contributed by atoms with Gasteiger partial charge in [-0.3, -0.25) is 4.72 Å². The van der Waals surface area contributed by atoms with Crippen LogP contribution in [-0.4, -0.2) is 8.42 Å². The molecule has 0 unspecified atom stereocenters. The highest BCUT2D eigenvalue weighted by atomic mass is 79.9. The Kier molecular flexibility index (Phi) is 4.03. The van der Waals surface area contributed by atoms with Gasteiger partial charge in [0, 0.05) is 10.2 Å². The zero-order valence-electron chi connectivity index (χ0n) is 9.60. The van der Waals surface area contributed by atoms with Crippen LogP contribution in [0.1, 0.15) is 0 Å². The van der Waals surface area contributed by atoms with Gasteiger partial charge in [0.1, 0.15) is 0 Å². The maximum atomic E-state index is 12.2. The van der Waals surface area contributed by atoms with E-state index in [1.54, 1.807) is 18.2 Å². The fraction of sp³-hybridized carbons (Fsp3) is 0. The fourth-order valence-electron chi connectivity index (χ4n) is 1.45. The Morgan fingerprint density at radius 3 is 2.53 bits per heavy atom.